The van der Waals surface area contributed by atoms with Crippen LogP contribution >= 0.6 is 0 Å². The molecule has 0 bridgehead atoms. The molecule has 0 spiro atoms. The second kappa shape index (κ2) is 3.73. The van der Waals surface area contributed by atoms with Crippen LogP contribution in [0.2, 0.25) is 0 Å². The van der Waals surface area contributed by atoms with E-state index in [-0.39, 0.29) is 12.0 Å². The second-order valence-corrected chi connectivity index (χ2v) is 3.96. The fourth-order valence-corrected chi connectivity index (χ4v) is 1.57. The number of rotatable bonds is 1. The molecule has 2 N–H and O–H groups in total. The Labute approximate surface area is 73.4 Å². The van der Waals surface area contributed by atoms with Crippen LogP contribution < -0.4 is 0 Å². The normalized spacial score (nSPS) is 43.5. The van der Waals surface area contributed by atoms with Crippen LogP contribution in [0.3, 0.4) is 0 Å². The van der Waals surface area contributed by atoms with Crippen LogP contribution in [0.25, 0.3) is 0 Å². The van der Waals surface area contributed by atoms with Crippen LogP contribution in [-0.4, -0.2) is 35.1 Å². The number of aliphatic hydroxyl groups is 2. The summed E-state index contributed by atoms with van der Waals surface area (Å²) in [5.41, 5.74) is 0. The Bertz CT molecular complexity index is 147. The lowest BCUT2D eigenvalue weighted by Gasteiger charge is -2.38. The Morgan fingerprint density at radius 3 is 2.42 bits per heavy atom. The summed E-state index contributed by atoms with van der Waals surface area (Å²) < 4.78 is 5.33. The maximum atomic E-state index is 9.69. The lowest BCUT2D eigenvalue weighted by Crippen LogP contribution is -2.49. The van der Waals surface area contributed by atoms with Crippen molar-refractivity contribution in [2.75, 3.05) is 6.61 Å². The average Bonchev–Trinajstić information content (AvgIpc) is 2.00. The molecule has 0 unspecified atom stereocenters. The van der Waals surface area contributed by atoms with Gasteiger partial charge in [-0.05, 0) is 5.92 Å². The van der Waals surface area contributed by atoms with Crippen molar-refractivity contribution < 1.29 is 14.9 Å². The molecule has 3 heteroatoms. The summed E-state index contributed by atoms with van der Waals surface area (Å²) >= 11 is 0. The molecule has 12 heavy (non-hydrogen) atoms. The molecule has 0 radical (unpaired) electrons. The highest BCUT2D eigenvalue weighted by Gasteiger charge is 2.36. The lowest BCUT2D eigenvalue weighted by atomic mass is 9.87. The summed E-state index contributed by atoms with van der Waals surface area (Å²) in [5.74, 6) is 0.223. The number of hydrogen-bond acceptors (Lipinski definition) is 3. The van der Waals surface area contributed by atoms with Crippen molar-refractivity contribution in [1.82, 2.24) is 0 Å². The molecule has 1 aliphatic heterocycles. The third-order valence-electron chi connectivity index (χ3n) is 2.60. The standard InChI is InChI=1S/C9H18O3/c1-5(2)9-8(11)6(3)7(10)4-12-9/h5-11H,4H2,1-3H3/t6-,7+,8+,9+/m0/s1. The molecular weight excluding hydrogens is 156 g/mol. The van der Waals surface area contributed by atoms with Gasteiger partial charge in [-0.3, -0.25) is 0 Å². The molecule has 1 saturated heterocycles. The highest BCUT2D eigenvalue weighted by atomic mass is 16.5. The molecule has 0 aromatic heterocycles. The fraction of sp³-hybridized carbons (Fsp3) is 1.00. The highest BCUT2D eigenvalue weighted by Crippen LogP contribution is 2.25. The summed E-state index contributed by atoms with van der Waals surface area (Å²) in [6.45, 7) is 6.23. The van der Waals surface area contributed by atoms with Gasteiger partial charge in [0.05, 0.1) is 24.9 Å². The summed E-state index contributed by atoms with van der Waals surface area (Å²) in [4.78, 5) is 0. The number of aliphatic hydroxyl groups excluding tert-OH is 2. The zero-order chi connectivity index (χ0) is 9.30. The maximum Gasteiger partial charge on any atom is 0.0861 e. The van der Waals surface area contributed by atoms with Crippen molar-refractivity contribution in [3.8, 4) is 0 Å². The fourth-order valence-electron chi connectivity index (χ4n) is 1.57. The zero-order valence-electron chi connectivity index (χ0n) is 7.90. The molecular formula is C9H18O3. The van der Waals surface area contributed by atoms with Gasteiger partial charge in [-0.1, -0.05) is 20.8 Å². The number of hydrogen-bond donors (Lipinski definition) is 2. The topological polar surface area (TPSA) is 49.7 Å². The summed E-state index contributed by atoms with van der Waals surface area (Å²) in [5, 5.41) is 19.1. The first-order valence-electron chi connectivity index (χ1n) is 4.51. The molecule has 0 aromatic carbocycles. The third kappa shape index (κ3) is 1.79. The van der Waals surface area contributed by atoms with Gasteiger partial charge < -0.3 is 14.9 Å². The Morgan fingerprint density at radius 2 is 1.92 bits per heavy atom. The van der Waals surface area contributed by atoms with Gasteiger partial charge in [0.15, 0.2) is 0 Å². The molecule has 3 nitrogen and oxygen atoms in total. The first-order valence-corrected chi connectivity index (χ1v) is 4.51. The van der Waals surface area contributed by atoms with Crippen LogP contribution in [0.15, 0.2) is 0 Å². The average molecular weight is 174 g/mol. The van der Waals surface area contributed by atoms with E-state index in [4.69, 9.17) is 4.74 Å². The van der Waals surface area contributed by atoms with E-state index < -0.39 is 12.2 Å². The van der Waals surface area contributed by atoms with E-state index in [1.807, 2.05) is 20.8 Å². The minimum absolute atomic E-state index is 0.0776. The molecule has 72 valence electrons. The van der Waals surface area contributed by atoms with Crippen LogP contribution in [-0.2, 0) is 4.74 Å². The summed E-state index contributed by atoms with van der Waals surface area (Å²) in [6.07, 6.45) is -1.17. The molecule has 1 rings (SSSR count). The Hall–Kier alpha value is -0.120. The molecule has 1 heterocycles. The predicted octanol–water partition coefficient (Wildman–Crippen LogP) is 0.399. The molecule has 4 atom stereocenters. The van der Waals surface area contributed by atoms with E-state index in [1.54, 1.807) is 0 Å². The van der Waals surface area contributed by atoms with Gasteiger partial charge in [-0.25, -0.2) is 0 Å². The first-order chi connectivity index (χ1) is 5.54. The first kappa shape index (κ1) is 9.96. The zero-order valence-corrected chi connectivity index (χ0v) is 7.90. The Balaban J connectivity index is 2.58. The highest BCUT2D eigenvalue weighted by molar-refractivity contribution is 4.85. The minimum Gasteiger partial charge on any atom is -0.390 e. The lowest BCUT2D eigenvalue weighted by molar-refractivity contribution is -0.167. The van der Waals surface area contributed by atoms with Gasteiger partial charge in [0, 0.05) is 5.92 Å². The van der Waals surface area contributed by atoms with Gasteiger partial charge in [-0.2, -0.15) is 0 Å². The predicted molar refractivity (Wildman–Crippen MR) is 45.8 cm³/mol. The van der Waals surface area contributed by atoms with Crippen molar-refractivity contribution in [3.05, 3.63) is 0 Å². The van der Waals surface area contributed by atoms with Gasteiger partial charge in [-0.15, -0.1) is 0 Å². The van der Waals surface area contributed by atoms with Crippen molar-refractivity contribution in [2.45, 2.75) is 39.1 Å². The van der Waals surface area contributed by atoms with Crippen molar-refractivity contribution >= 4 is 0 Å². The van der Waals surface area contributed by atoms with Crippen LogP contribution in [0, 0.1) is 11.8 Å². The maximum absolute atomic E-state index is 9.69. The Morgan fingerprint density at radius 1 is 1.33 bits per heavy atom. The van der Waals surface area contributed by atoms with Gasteiger partial charge in [0.2, 0.25) is 0 Å². The van der Waals surface area contributed by atoms with Gasteiger partial charge >= 0.3 is 0 Å². The Kier molecular flexibility index (Phi) is 3.09. The summed E-state index contributed by atoms with van der Waals surface area (Å²) in [7, 11) is 0. The van der Waals surface area contributed by atoms with E-state index in [0.717, 1.165) is 0 Å². The van der Waals surface area contributed by atoms with Crippen LogP contribution in [0.4, 0.5) is 0 Å². The molecule has 0 saturated carbocycles. The van der Waals surface area contributed by atoms with Crippen molar-refractivity contribution in [2.24, 2.45) is 11.8 Å². The molecule has 0 amide bonds. The van der Waals surface area contributed by atoms with Crippen molar-refractivity contribution in [1.29, 1.82) is 0 Å². The monoisotopic (exact) mass is 174 g/mol. The van der Waals surface area contributed by atoms with Crippen LogP contribution in [0.5, 0.6) is 0 Å². The van der Waals surface area contributed by atoms with Crippen LogP contribution in [0.1, 0.15) is 20.8 Å². The van der Waals surface area contributed by atoms with E-state index in [9.17, 15) is 10.2 Å². The second-order valence-electron chi connectivity index (χ2n) is 3.96. The van der Waals surface area contributed by atoms with E-state index in [1.165, 1.54) is 0 Å². The quantitative estimate of drug-likeness (QED) is 0.605. The smallest absolute Gasteiger partial charge is 0.0861 e. The van der Waals surface area contributed by atoms with E-state index >= 15 is 0 Å². The van der Waals surface area contributed by atoms with E-state index in [0.29, 0.717) is 12.5 Å². The molecule has 1 fully saturated rings. The number of ether oxygens (including phenoxy) is 1. The van der Waals surface area contributed by atoms with Gasteiger partial charge in [0.1, 0.15) is 0 Å². The third-order valence-corrected chi connectivity index (χ3v) is 2.60. The molecule has 0 aromatic rings. The van der Waals surface area contributed by atoms with E-state index in [2.05, 4.69) is 0 Å². The minimum atomic E-state index is -0.534. The molecule has 1 aliphatic rings. The largest absolute Gasteiger partial charge is 0.390 e. The van der Waals surface area contributed by atoms with Gasteiger partial charge in [0.25, 0.3) is 0 Å². The molecule has 0 aliphatic carbocycles. The van der Waals surface area contributed by atoms with Crippen molar-refractivity contribution in [3.63, 3.8) is 0 Å². The SMILES string of the molecule is CC(C)[C@H]1OC[C@@H](O)[C@H](C)[C@H]1O. The summed E-state index contributed by atoms with van der Waals surface area (Å²) in [6, 6.07) is 0.